The van der Waals surface area contributed by atoms with Crippen LogP contribution in [0.25, 0.3) is 0 Å². The van der Waals surface area contributed by atoms with Gasteiger partial charge < -0.3 is 19.9 Å². The Hall–Kier alpha value is -1.27. The van der Waals surface area contributed by atoms with Gasteiger partial charge in [0.05, 0.1) is 5.69 Å². The SMILES string of the molecule is CCCCc1nc(Cl)c(CNC2CCN(C(=O)OC(C)(C)C)C2)[nH]1. The number of likely N-dealkylation sites (tertiary alicyclic amines) is 1. The number of unbranched alkanes of at least 4 members (excludes halogenated alkanes) is 1. The first kappa shape index (κ1) is 19.1. The van der Waals surface area contributed by atoms with Crippen LogP contribution in [0.15, 0.2) is 0 Å². The Kier molecular flexibility index (Phi) is 6.52. The summed E-state index contributed by atoms with van der Waals surface area (Å²) in [7, 11) is 0. The Morgan fingerprint density at radius 3 is 2.92 bits per heavy atom. The summed E-state index contributed by atoms with van der Waals surface area (Å²) in [6.07, 6.45) is 3.83. The lowest BCUT2D eigenvalue weighted by molar-refractivity contribution is 0.0291. The van der Waals surface area contributed by atoms with Gasteiger partial charge in [-0.05, 0) is 33.6 Å². The highest BCUT2D eigenvalue weighted by Crippen LogP contribution is 2.17. The van der Waals surface area contributed by atoms with Crippen molar-refractivity contribution in [1.29, 1.82) is 0 Å². The highest BCUT2D eigenvalue weighted by atomic mass is 35.5. The molecule has 2 heterocycles. The van der Waals surface area contributed by atoms with Crippen LogP contribution in [0.1, 0.15) is 58.5 Å². The Labute approximate surface area is 149 Å². The van der Waals surface area contributed by atoms with E-state index in [9.17, 15) is 4.79 Å². The zero-order valence-electron chi connectivity index (χ0n) is 15.1. The highest BCUT2D eigenvalue weighted by molar-refractivity contribution is 6.30. The zero-order chi connectivity index (χ0) is 17.7. The van der Waals surface area contributed by atoms with Crippen LogP contribution in [0.4, 0.5) is 4.79 Å². The molecule has 1 aliphatic rings. The number of carbonyl (C=O) groups is 1. The summed E-state index contributed by atoms with van der Waals surface area (Å²) in [5.74, 6) is 0.945. The summed E-state index contributed by atoms with van der Waals surface area (Å²) in [5, 5.41) is 3.99. The summed E-state index contributed by atoms with van der Waals surface area (Å²) in [4.78, 5) is 21.5. The molecule has 1 aromatic heterocycles. The summed E-state index contributed by atoms with van der Waals surface area (Å²) in [6.45, 7) is 9.80. The maximum atomic E-state index is 12.1. The number of hydrogen-bond acceptors (Lipinski definition) is 4. The Balaban J connectivity index is 1.79. The maximum absolute atomic E-state index is 12.1. The smallest absolute Gasteiger partial charge is 0.410 e. The van der Waals surface area contributed by atoms with Crippen molar-refractivity contribution in [3.8, 4) is 0 Å². The third-order valence-electron chi connectivity index (χ3n) is 3.95. The van der Waals surface area contributed by atoms with Gasteiger partial charge in [0.2, 0.25) is 0 Å². The molecule has 2 rings (SSSR count). The monoisotopic (exact) mass is 356 g/mol. The van der Waals surface area contributed by atoms with E-state index in [0.717, 1.165) is 37.2 Å². The fraction of sp³-hybridized carbons (Fsp3) is 0.765. The lowest BCUT2D eigenvalue weighted by Crippen LogP contribution is -2.38. The van der Waals surface area contributed by atoms with Crippen LogP contribution in [-0.2, 0) is 17.7 Å². The molecule has 0 spiro atoms. The number of halogens is 1. The Morgan fingerprint density at radius 2 is 2.25 bits per heavy atom. The van der Waals surface area contributed by atoms with Crippen molar-refractivity contribution in [2.24, 2.45) is 0 Å². The van der Waals surface area contributed by atoms with Crippen molar-refractivity contribution in [3.63, 3.8) is 0 Å². The van der Waals surface area contributed by atoms with E-state index in [2.05, 4.69) is 22.2 Å². The van der Waals surface area contributed by atoms with E-state index < -0.39 is 5.60 Å². The molecule has 1 aromatic rings. The minimum Gasteiger partial charge on any atom is -0.444 e. The lowest BCUT2D eigenvalue weighted by atomic mass is 10.2. The van der Waals surface area contributed by atoms with Crippen molar-refractivity contribution in [3.05, 3.63) is 16.7 Å². The predicted molar refractivity (Wildman–Crippen MR) is 95.3 cm³/mol. The highest BCUT2D eigenvalue weighted by Gasteiger charge is 2.29. The number of aromatic nitrogens is 2. The number of carbonyl (C=O) groups excluding carboxylic acids is 1. The second kappa shape index (κ2) is 8.21. The number of hydrogen-bond donors (Lipinski definition) is 2. The number of rotatable bonds is 6. The fourth-order valence-corrected chi connectivity index (χ4v) is 2.90. The molecule has 136 valence electrons. The summed E-state index contributed by atoms with van der Waals surface area (Å²) < 4.78 is 5.41. The van der Waals surface area contributed by atoms with Crippen molar-refractivity contribution in [2.45, 2.75) is 71.6 Å². The van der Waals surface area contributed by atoms with E-state index in [0.29, 0.717) is 24.8 Å². The third-order valence-corrected chi connectivity index (χ3v) is 4.26. The van der Waals surface area contributed by atoms with Gasteiger partial charge in [0.15, 0.2) is 5.15 Å². The van der Waals surface area contributed by atoms with Gasteiger partial charge in [-0.1, -0.05) is 24.9 Å². The second-order valence-corrected chi connectivity index (χ2v) is 7.71. The zero-order valence-corrected chi connectivity index (χ0v) is 15.9. The molecular weight excluding hydrogens is 328 g/mol. The van der Waals surface area contributed by atoms with Crippen LogP contribution in [-0.4, -0.2) is 45.7 Å². The van der Waals surface area contributed by atoms with E-state index in [1.807, 2.05) is 20.8 Å². The van der Waals surface area contributed by atoms with Crippen molar-refractivity contribution in [2.75, 3.05) is 13.1 Å². The predicted octanol–water partition coefficient (Wildman–Crippen LogP) is 3.50. The van der Waals surface area contributed by atoms with Crippen LogP contribution in [0.2, 0.25) is 5.15 Å². The molecule has 0 saturated carbocycles. The molecule has 1 unspecified atom stereocenters. The molecule has 1 amide bonds. The first-order valence-electron chi connectivity index (χ1n) is 8.73. The Bertz CT molecular complexity index is 553. The van der Waals surface area contributed by atoms with Crippen LogP contribution >= 0.6 is 11.6 Å². The van der Waals surface area contributed by atoms with Gasteiger partial charge in [-0.2, -0.15) is 0 Å². The normalized spacial score (nSPS) is 18.2. The van der Waals surface area contributed by atoms with Gasteiger partial charge in [-0.25, -0.2) is 9.78 Å². The summed E-state index contributed by atoms with van der Waals surface area (Å²) in [6, 6.07) is 0.246. The van der Waals surface area contributed by atoms with E-state index >= 15 is 0 Å². The number of ether oxygens (including phenoxy) is 1. The van der Waals surface area contributed by atoms with Gasteiger partial charge in [0.25, 0.3) is 0 Å². The van der Waals surface area contributed by atoms with Crippen LogP contribution < -0.4 is 5.32 Å². The number of amides is 1. The molecule has 1 saturated heterocycles. The minimum absolute atomic E-state index is 0.242. The summed E-state index contributed by atoms with van der Waals surface area (Å²) in [5.41, 5.74) is 0.458. The van der Waals surface area contributed by atoms with Gasteiger partial charge in [0, 0.05) is 32.1 Å². The fourth-order valence-electron chi connectivity index (χ4n) is 2.69. The molecule has 0 bridgehead atoms. The second-order valence-electron chi connectivity index (χ2n) is 7.35. The van der Waals surface area contributed by atoms with Crippen LogP contribution in [0.5, 0.6) is 0 Å². The first-order chi connectivity index (χ1) is 11.3. The largest absolute Gasteiger partial charge is 0.444 e. The summed E-state index contributed by atoms with van der Waals surface area (Å²) >= 11 is 6.19. The number of H-pyrrole nitrogens is 1. The van der Waals surface area contributed by atoms with E-state index in [1.54, 1.807) is 4.90 Å². The van der Waals surface area contributed by atoms with E-state index in [-0.39, 0.29) is 12.1 Å². The third kappa shape index (κ3) is 5.67. The van der Waals surface area contributed by atoms with Gasteiger partial charge in [-0.15, -0.1) is 0 Å². The van der Waals surface area contributed by atoms with Crippen molar-refractivity contribution >= 4 is 17.7 Å². The number of imidazole rings is 1. The van der Waals surface area contributed by atoms with Gasteiger partial charge in [0.1, 0.15) is 11.4 Å². The van der Waals surface area contributed by atoms with Gasteiger partial charge in [-0.3, -0.25) is 0 Å². The molecule has 24 heavy (non-hydrogen) atoms. The standard InChI is InChI=1S/C17H29ClN4O2/c1-5-6-7-14-20-13(15(18)21-14)10-19-12-8-9-22(11-12)16(23)24-17(2,3)4/h12,19H,5-11H2,1-4H3,(H,20,21). The molecular formula is C17H29ClN4O2. The number of nitrogens with zero attached hydrogens (tertiary/aromatic N) is 2. The average Bonchev–Trinajstić information content (AvgIpc) is 3.08. The molecule has 1 fully saturated rings. The number of nitrogens with one attached hydrogen (secondary N) is 2. The average molecular weight is 357 g/mol. The minimum atomic E-state index is -0.457. The maximum Gasteiger partial charge on any atom is 0.410 e. The van der Waals surface area contributed by atoms with E-state index in [4.69, 9.17) is 16.3 Å². The van der Waals surface area contributed by atoms with Crippen molar-refractivity contribution < 1.29 is 9.53 Å². The molecule has 6 nitrogen and oxygen atoms in total. The first-order valence-corrected chi connectivity index (χ1v) is 9.11. The van der Waals surface area contributed by atoms with Crippen molar-refractivity contribution in [1.82, 2.24) is 20.2 Å². The molecule has 1 atom stereocenters. The number of aromatic amines is 1. The quantitative estimate of drug-likeness (QED) is 0.818. The molecule has 1 aliphatic heterocycles. The topological polar surface area (TPSA) is 70.2 Å². The van der Waals surface area contributed by atoms with Crippen LogP contribution in [0, 0.1) is 0 Å². The molecule has 2 N–H and O–H groups in total. The van der Waals surface area contributed by atoms with Gasteiger partial charge >= 0.3 is 6.09 Å². The number of aryl methyl sites for hydroxylation is 1. The Morgan fingerprint density at radius 1 is 1.50 bits per heavy atom. The molecule has 0 aliphatic carbocycles. The lowest BCUT2D eigenvalue weighted by Gasteiger charge is -2.24. The molecule has 7 heteroatoms. The van der Waals surface area contributed by atoms with E-state index in [1.165, 1.54) is 0 Å². The molecule has 0 radical (unpaired) electrons. The molecule has 0 aromatic carbocycles. The van der Waals surface area contributed by atoms with Crippen LogP contribution in [0.3, 0.4) is 0 Å².